The lowest BCUT2D eigenvalue weighted by Crippen LogP contribution is -2.57. The molecule has 1 aliphatic heterocycles. The molecule has 1 rings (SSSR count). The van der Waals surface area contributed by atoms with E-state index >= 15 is 0 Å². The van der Waals surface area contributed by atoms with Gasteiger partial charge in [-0.3, -0.25) is 9.80 Å². The van der Waals surface area contributed by atoms with Gasteiger partial charge < -0.3 is 5.32 Å². The van der Waals surface area contributed by atoms with Gasteiger partial charge in [0.05, 0.1) is 0 Å². The summed E-state index contributed by atoms with van der Waals surface area (Å²) in [5.74, 6) is 0. The van der Waals surface area contributed by atoms with E-state index in [1.165, 1.54) is 32.5 Å². The van der Waals surface area contributed by atoms with Gasteiger partial charge in [0.1, 0.15) is 0 Å². The maximum absolute atomic E-state index is 3.40. The molecule has 0 amide bonds. The Morgan fingerprint density at radius 3 is 2.35 bits per heavy atom. The maximum atomic E-state index is 3.40. The lowest BCUT2D eigenvalue weighted by molar-refractivity contribution is 0.0355. The van der Waals surface area contributed by atoms with E-state index in [0.29, 0.717) is 12.1 Å². The van der Waals surface area contributed by atoms with Crippen LogP contribution in [0.4, 0.5) is 0 Å². The van der Waals surface area contributed by atoms with Gasteiger partial charge in [-0.15, -0.1) is 0 Å². The average Bonchev–Trinajstić information content (AvgIpc) is 2.30. The van der Waals surface area contributed by atoms with E-state index in [4.69, 9.17) is 0 Å². The Bertz CT molecular complexity index is 196. The molecule has 0 radical (unpaired) electrons. The third-order valence-electron chi connectivity index (χ3n) is 4.24. The number of hydrogen-bond acceptors (Lipinski definition) is 3. The molecule has 3 unspecified atom stereocenters. The van der Waals surface area contributed by atoms with Crippen molar-refractivity contribution in [3.8, 4) is 0 Å². The van der Waals surface area contributed by atoms with Gasteiger partial charge in [0.25, 0.3) is 0 Å². The molecule has 0 aliphatic carbocycles. The third-order valence-corrected chi connectivity index (χ3v) is 4.24. The molecule has 3 heteroatoms. The summed E-state index contributed by atoms with van der Waals surface area (Å²) in [6.07, 6.45) is 2.61. The highest BCUT2D eigenvalue weighted by Crippen LogP contribution is 2.17. The zero-order chi connectivity index (χ0) is 12.8. The molecule has 1 N–H and O–H groups in total. The molecule has 0 aromatic carbocycles. The fraction of sp³-hybridized carbons (Fsp3) is 1.00. The van der Waals surface area contributed by atoms with Crippen molar-refractivity contribution in [2.75, 3.05) is 33.2 Å². The summed E-state index contributed by atoms with van der Waals surface area (Å²) in [5, 5.41) is 3.40. The lowest BCUT2D eigenvalue weighted by Gasteiger charge is -2.45. The fourth-order valence-electron chi connectivity index (χ4n) is 2.69. The summed E-state index contributed by atoms with van der Waals surface area (Å²) >= 11 is 0. The van der Waals surface area contributed by atoms with Crippen molar-refractivity contribution in [1.29, 1.82) is 0 Å². The van der Waals surface area contributed by atoms with Gasteiger partial charge in [0.15, 0.2) is 0 Å². The quantitative estimate of drug-likeness (QED) is 0.715. The Morgan fingerprint density at radius 2 is 1.82 bits per heavy atom. The molecule has 102 valence electrons. The van der Waals surface area contributed by atoms with E-state index in [0.717, 1.165) is 12.6 Å². The first-order valence-electron chi connectivity index (χ1n) is 7.23. The van der Waals surface area contributed by atoms with Gasteiger partial charge in [-0.25, -0.2) is 0 Å². The van der Waals surface area contributed by atoms with E-state index in [1.807, 2.05) is 0 Å². The van der Waals surface area contributed by atoms with E-state index in [9.17, 15) is 0 Å². The van der Waals surface area contributed by atoms with Crippen molar-refractivity contribution < 1.29 is 0 Å². The van der Waals surface area contributed by atoms with Crippen molar-refractivity contribution in [2.24, 2.45) is 0 Å². The molecule has 0 aromatic heterocycles. The first-order valence-corrected chi connectivity index (χ1v) is 7.23. The second-order valence-corrected chi connectivity index (χ2v) is 5.66. The highest BCUT2D eigenvalue weighted by atomic mass is 15.3. The smallest absolute Gasteiger partial charge is 0.0195 e. The van der Waals surface area contributed by atoms with Crippen LogP contribution in [0.5, 0.6) is 0 Å². The van der Waals surface area contributed by atoms with E-state index in [1.54, 1.807) is 0 Å². The van der Waals surface area contributed by atoms with Gasteiger partial charge in [-0.1, -0.05) is 6.92 Å². The highest BCUT2D eigenvalue weighted by Gasteiger charge is 2.28. The summed E-state index contributed by atoms with van der Waals surface area (Å²) < 4.78 is 0. The van der Waals surface area contributed by atoms with Crippen LogP contribution in [0, 0.1) is 0 Å². The minimum Gasteiger partial charge on any atom is -0.317 e. The third kappa shape index (κ3) is 4.57. The minimum atomic E-state index is 0.690. The molecular formula is C14H31N3. The molecule has 3 nitrogen and oxygen atoms in total. The Hall–Kier alpha value is -0.120. The zero-order valence-electron chi connectivity index (χ0n) is 12.4. The second-order valence-electron chi connectivity index (χ2n) is 5.66. The first kappa shape index (κ1) is 14.9. The topological polar surface area (TPSA) is 18.5 Å². The normalized spacial score (nSPS) is 29.5. The minimum absolute atomic E-state index is 0.690. The van der Waals surface area contributed by atoms with E-state index < -0.39 is 0 Å². The Labute approximate surface area is 108 Å². The van der Waals surface area contributed by atoms with Crippen LogP contribution < -0.4 is 5.32 Å². The molecular weight excluding hydrogens is 210 g/mol. The molecule has 0 aromatic rings. The molecule has 17 heavy (non-hydrogen) atoms. The summed E-state index contributed by atoms with van der Waals surface area (Å²) in [7, 11) is 2.25. The Balaban J connectivity index is 2.29. The molecule has 0 bridgehead atoms. The molecule has 0 saturated carbocycles. The van der Waals surface area contributed by atoms with Gasteiger partial charge in [0, 0.05) is 31.2 Å². The van der Waals surface area contributed by atoms with Crippen LogP contribution in [0.1, 0.15) is 40.5 Å². The molecule has 1 saturated heterocycles. The maximum Gasteiger partial charge on any atom is 0.0195 e. The van der Waals surface area contributed by atoms with Gasteiger partial charge >= 0.3 is 0 Å². The number of piperazine rings is 1. The SMILES string of the molecule is CCNCCCC(C)N1CC(C)N(C)C(C)C1. The van der Waals surface area contributed by atoms with Crippen LogP contribution in [-0.4, -0.2) is 61.2 Å². The predicted octanol–water partition coefficient (Wildman–Crippen LogP) is 1.79. The summed E-state index contributed by atoms with van der Waals surface area (Å²) in [5.41, 5.74) is 0. The van der Waals surface area contributed by atoms with Crippen LogP contribution in [0.2, 0.25) is 0 Å². The molecule has 0 spiro atoms. The first-order chi connectivity index (χ1) is 8.06. The highest BCUT2D eigenvalue weighted by molar-refractivity contribution is 4.85. The number of nitrogens with zero attached hydrogens (tertiary/aromatic N) is 2. The number of likely N-dealkylation sites (N-methyl/N-ethyl adjacent to an activating group) is 1. The molecule has 1 aliphatic rings. The number of hydrogen-bond donors (Lipinski definition) is 1. The monoisotopic (exact) mass is 241 g/mol. The van der Waals surface area contributed by atoms with Crippen molar-refractivity contribution in [3.05, 3.63) is 0 Å². The van der Waals surface area contributed by atoms with Gasteiger partial charge in [-0.05, 0) is 53.8 Å². The van der Waals surface area contributed by atoms with Crippen LogP contribution in [0.15, 0.2) is 0 Å². The summed E-state index contributed by atoms with van der Waals surface area (Å²) in [6, 6.07) is 2.11. The number of rotatable bonds is 6. The second kappa shape index (κ2) is 7.34. The molecule has 1 fully saturated rings. The molecule has 3 atom stereocenters. The predicted molar refractivity (Wildman–Crippen MR) is 75.5 cm³/mol. The Kier molecular flexibility index (Phi) is 6.45. The zero-order valence-corrected chi connectivity index (χ0v) is 12.4. The van der Waals surface area contributed by atoms with Crippen LogP contribution in [-0.2, 0) is 0 Å². The van der Waals surface area contributed by atoms with Crippen molar-refractivity contribution in [2.45, 2.75) is 58.7 Å². The number of nitrogens with one attached hydrogen (secondary N) is 1. The molecule has 1 heterocycles. The summed E-state index contributed by atoms with van der Waals surface area (Å²) in [4.78, 5) is 5.17. The largest absolute Gasteiger partial charge is 0.317 e. The van der Waals surface area contributed by atoms with Crippen molar-refractivity contribution in [1.82, 2.24) is 15.1 Å². The van der Waals surface area contributed by atoms with Crippen LogP contribution in [0.25, 0.3) is 0 Å². The van der Waals surface area contributed by atoms with Crippen molar-refractivity contribution >= 4 is 0 Å². The fourth-order valence-corrected chi connectivity index (χ4v) is 2.69. The average molecular weight is 241 g/mol. The summed E-state index contributed by atoms with van der Waals surface area (Å²) in [6.45, 7) is 14.0. The lowest BCUT2D eigenvalue weighted by atomic mass is 10.0. The van der Waals surface area contributed by atoms with Crippen LogP contribution in [0.3, 0.4) is 0 Å². The van der Waals surface area contributed by atoms with Gasteiger partial charge in [0.2, 0.25) is 0 Å². The van der Waals surface area contributed by atoms with Crippen molar-refractivity contribution in [3.63, 3.8) is 0 Å². The van der Waals surface area contributed by atoms with E-state index in [2.05, 4.69) is 49.9 Å². The van der Waals surface area contributed by atoms with Crippen LogP contribution >= 0.6 is 0 Å². The Morgan fingerprint density at radius 1 is 1.24 bits per heavy atom. The van der Waals surface area contributed by atoms with E-state index in [-0.39, 0.29) is 0 Å². The standard InChI is InChI=1S/C14H31N3/c1-6-15-9-7-8-12(2)17-10-13(3)16(5)14(4)11-17/h12-15H,6-11H2,1-5H3. The van der Waals surface area contributed by atoms with Gasteiger partial charge in [-0.2, -0.15) is 0 Å².